The second kappa shape index (κ2) is 15.8. The monoisotopic (exact) mass is 120 g/mol. The first-order valence-corrected chi connectivity index (χ1v) is 2.88. The maximum atomic E-state index is 4.67. The van der Waals surface area contributed by atoms with E-state index in [1.807, 2.05) is 20.9 Å². The van der Waals surface area contributed by atoms with Crippen LogP contribution in [-0.4, -0.2) is 20.2 Å². The maximum Gasteiger partial charge on any atom is 0.0803 e. The van der Waals surface area contributed by atoms with E-state index in [0.29, 0.717) is 6.61 Å². The van der Waals surface area contributed by atoms with Crippen molar-refractivity contribution in [3.63, 3.8) is 0 Å². The van der Waals surface area contributed by atoms with Gasteiger partial charge in [-0.05, 0) is 7.05 Å². The molecule has 0 amide bonds. The Morgan fingerprint density at radius 2 is 2.00 bits per heavy atom. The number of hydrogen-bond acceptors (Lipinski definition) is 3. The van der Waals surface area contributed by atoms with Crippen LogP contribution in [-0.2, 0) is 4.84 Å². The zero-order valence-electron chi connectivity index (χ0n) is 5.90. The molecule has 0 rings (SSSR count). The quantitative estimate of drug-likeness (QED) is 0.411. The van der Waals surface area contributed by atoms with Crippen molar-refractivity contribution in [2.75, 3.05) is 20.2 Å². The zero-order valence-corrected chi connectivity index (χ0v) is 5.90. The van der Waals surface area contributed by atoms with Crippen molar-refractivity contribution in [1.29, 1.82) is 0 Å². The molecule has 8 heavy (non-hydrogen) atoms. The molecule has 0 saturated carbocycles. The Bertz CT molecular complexity index is 22.4. The lowest BCUT2D eigenvalue weighted by atomic mass is 10.7. The van der Waals surface area contributed by atoms with E-state index >= 15 is 0 Å². The van der Waals surface area contributed by atoms with Crippen LogP contribution < -0.4 is 11.2 Å². The Morgan fingerprint density at radius 1 is 1.50 bits per heavy atom. The molecule has 3 nitrogen and oxygen atoms in total. The lowest BCUT2D eigenvalue weighted by Gasteiger charge is -1.91. The van der Waals surface area contributed by atoms with E-state index in [9.17, 15) is 0 Å². The lowest BCUT2D eigenvalue weighted by molar-refractivity contribution is 0.141. The number of rotatable bonds is 3. The average molecular weight is 120 g/mol. The lowest BCUT2D eigenvalue weighted by Crippen LogP contribution is -2.16. The summed E-state index contributed by atoms with van der Waals surface area (Å²) >= 11 is 0. The van der Waals surface area contributed by atoms with Crippen LogP contribution in [0, 0.1) is 0 Å². The highest BCUT2D eigenvalue weighted by Crippen LogP contribution is 1.53. The molecule has 0 atom stereocenters. The predicted molar refractivity (Wildman–Crippen MR) is 35.4 cm³/mol. The SMILES string of the molecule is CC.CNCCON. The summed E-state index contributed by atoms with van der Waals surface area (Å²) in [6.45, 7) is 5.40. The highest BCUT2D eigenvalue weighted by atomic mass is 16.6. The third kappa shape index (κ3) is 16.9. The molecular formula is C5H16N2O. The van der Waals surface area contributed by atoms with E-state index in [1.165, 1.54) is 0 Å². The molecule has 0 bridgehead atoms. The summed E-state index contributed by atoms with van der Waals surface area (Å²) in [7, 11) is 1.85. The molecule has 0 heterocycles. The fraction of sp³-hybridized carbons (Fsp3) is 1.00. The Balaban J connectivity index is 0. The first kappa shape index (κ1) is 10.8. The predicted octanol–water partition coefficient (Wildman–Crippen LogP) is 0.122. The molecule has 0 aromatic carbocycles. The van der Waals surface area contributed by atoms with Crippen molar-refractivity contribution in [3.8, 4) is 0 Å². The number of nitrogens with two attached hydrogens (primary N) is 1. The number of likely N-dealkylation sites (N-methyl/N-ethyl adjacent to an activating group) is 1. The zero-order chi connectivity index (χ0) is 6.83. The van der Waals surface area contributed by atoms with Gasteiger partial charge in [0.2, 0.25) is 0 Å². The number of hydrogen-bond donors (Lipinski definition) is 2. The van der Waals surface area contributed by atoms with Crippen molar-refractivity contribution < 1.29 is 4.84 Å². The smallest absolute Gasteiger partial charge is 0.0803 e. The van der Waals surface area contributed by atoms with Gasteiger partial charge in [-0.3, -0.25) is 0 Å². The largest absolute Gasteiger partial charge is 0.317 e. The van der Waals surface area contributed by atoms with Crippen molar-refractivity contribution >= 4 is 0 Å². The van der Waals surface area contributed by atoms with Crippen LogP contribution in [0.5, 0.6) is 0 Å². The van der Waals surface area contributed by atoms with Gasteiger partial charge in [0.1, 0.15) is 0 Å². The Kier molecular flexibility index (Phi) is 21.3. The van der Waals surface area contributed by atoms with E-state index in [4.69, 9.17) is 0 Å². The van der Waals surface area contributed by atoms with Crippen molar-refractivity contribution in [1.82, 2.24) is 5.32 Å². The minimum absolute atomic E-state index is 0.580. The van der Waals surface area contributed by atoms with E-state index in [2.05, 4.69) is 16.1 Å². The third-order valence-electron chi connectivity index (χ3n) is 0.470. The molecule has 0 fully saturated rings. The third-order valence-corrected chi connectivity index (χ3v) is 0.470. The van der Waals surface area contributed by atoms with Crippen LogP contribution in [0.4, 0.5) is 0 Å². The molecule has 0 aliphatic carbocycles. The summed E-state index contributed by atoms with van der Waals surface area (Å²) in [5.74, 6) is 4.67. The van der Waals surface area contributed by atoms with Gasteiger partial charge in [-0.1, -0.05) is 13.8 Å². The van der Waals surface area contributed by atoms with Crippen molar-refractivity contribution in [2.24, 2.45) is 5.90 Å². The Labute approximate surface area is 51.2 Å². The highest BCUT2D eigenvalue weighted by Gasteiger charge is 1.73. The molecule has 3 heteroatoms. The summed E-state index contributed by atoms with van der Waals surface area (Å²) in [4.78, 5) is 4.22. The van der Waals surface area contributed by atoms with Gasteiger partial charge >= 0.3 is 0 Å². The van der Waals surface area contributed by atoms with Crippen LogP contribution in [0.3, 0.4) is 0 Å². The Hall–Kier alpha value is -0.120. The van der Waals surface area contributed by atoms with Gasteiger partial charge in [-0.25, -0.2) is 5.90 Å². The average Bonchev–Trinajstić information content (AvgIpc) is 1.88. The molecule has 0 unspecified atom stereocenters. The summed E-state index contributed by atoms with van der Waals surface area (Å²) in [6, 6.07) is 0. The van der Waals surface area contributed by atoms with Crippen LogP contribution in [0.1, 0.15) is 13.8 Å². The first-order chi connectivity index (χ1) is 3.91. The molecule has 0 aliphatic heterocycles. The standard InChI is InChI=1S/C3H10N2O.C2H6/c1-5-2-3-6-4;1-2/h5H,2-4H2,1H3;1-2H3. The van der Waals surface area contributed by atoms with Crippen molar-refractivity contribution in [3.05, 3.63) is 0 Å². The number of nitrogens with one attached hydrogen (secondary N) is 1. The molecule has 0 saturated heterocycles. The minimum atomic E-state index is 0.580. The van der Waals surface area contributed by atoms with Crippen LogP contribution >= 0.6 is 0 Å². The Morgan fingerprint density at radius 3 is 2.12 bits per heavy atom. The van der Waals surface area contributed by atoms with Gasteiger partial charge in [0.25, 0.3) is 0 Å². The van der Waals surface area contributed by atoms with Gasteiger partial charge in [-0.15, -0.1) is 0 Å². The molecule has 0 spiro atoms. The fourth-order valence-electron chi connectivity index (χ4n) is 0.161. The van der Waals surface area contributed by atoms with Crippen LogP contribution in [0.25, 0.3) is 0 Å². The molecule has 0 aliphatic rings. The molecule has 3 N–H and O–H groups in total. The van der Waals surface area contributed by atoms with E-state index in [1.54, 1.807) is 0 Å². The second-order valence-electron chi connectivity index (χ2n) is 0.974. The van der Waals surface area contributed by atoms with Crippen LogP contribution in [0.2, 0.25) is 0 Å². The van der Waals surface area contributed by atoms with E-state index < -0.39 is 0 Å². The normalized spacial score (nSPS) is 7.50. The van der Waals surface area contributed by atoms with E-state index in [0.717, 1.165) is 6.54 Å². The van der Waals surface area contributed by atoms with Gasteiger partial charge < -0.3 is 10.2 Å². The van der Waals surface area contributed by atoms with Crippen molar-refractivity contribution in [2.45, 2.75) is 13.8 Å². The van der Waals surface area contributed by atoms with Gasteiger partial charge in [0, 0.05) is 6.54 Å². The molecule has 0 radical (unpaired) electrons. The van der Waals surface area contributed by atoms with Gasteiger partial charge in [0.15, 0.2) is 0 Å². The molecule has 0 aromatic heterocycles. The maximum absolute atomic E-state index is 4.67. The summed E-state index contributed by atoms with van der Waals surface area (Å²) in [5, 5.41) is 2.86. The molecular weight excluding hydrogens is 104 g/mol. The fourth-order valence-corrected chi connectivity index (χ4v) is 0.161. The summed E-state index contributed by atoms with van der Waals surface area (Å²) < 4.78 is 0. The highest BCUT2D eigenvalue weighted by molar-refractivity contribution is 4.29. The van der Waals surface area contributed by atoms with E-state index in [-0.39, 0.29) is 0 Å². The second-order valence-corrected chi connectivity index (χ2v) is 0.974. The summed E-state index contributed by atoms with van der Waals surface area (Å²) in [6.07, 6.45) is 0. The molecule has 52 valence electrons. The molecule has 0 aromatic rings. The minimum Gasteiger partial charge on any atom is -0.317 e. The van der Waals surface area contributed by atoms with Gasteiger partial charge in [-0.2, -0.15) is 0 Å². The topological polar surface area (TPSA) is 47.3 Å². The van der Waals surface area contributed by atoms with Crippen LogP contribution in [0.15, 0.2) is 0 Å². The summed E-state index contributed by atoms with van der Waals surface area (Å²) in [5.41, 5.74) is 0. The first-order valence-electron chi connectivity index (χ1n) is 2.88. The van der Waals surface area contributed by atoms with Gasteiger partial charge in [0.05, 0.1) is 6.61 Å².